The summed E-state index contributed by atoms with van der Waals surface area (Å²) in [6.07, 6.45) is 3.96. The van der Waals surface area contributed by atoms with E-state index in [1.807, 2.05) is 29.2 Å². The molecule has 7 heteroatoms. The average molecular weight is 382 g/mol. The number of amides is 2. The lowest BCUT2D eigenvalue weighted by Gasteiger charge is -2.23. The molecule has 1 atom stereocenters. The number of nitrogens with one attached hydrogen (secondary N) is 2. The minimum atomic E-state index is -0.0139. The summed E-state index contributed by atoms with van der Waals surface area (Å²) in [5.41, 5.74) is 1.91. The Balaban J connectivity index is 0.00000243. The molecule has 0 spiro atoms. The van der Waals surface area contributed by atoms with Crippen LogP contribution in [0.1, 0.15) is 31.2 Å². The number of morpholine rings is 1. The highest BCUT2D eigenvalue weighted by Gasteiger charge is 2.18. The molecule has 2 fully saturated rings. The van der Waals surface area contributed by atoms with Gasteiger partial charge in [0.1, 0.15) is 0 Å². The minimum absolute atomic E-state index is 0. The molecule has 6 nitrogen and oxygen atoms in total. The lowest BCUT2D eigenvalue weighted by molar-refractivity contribution is -0.130. The van der Waals surface area contributed by atoms with Gasteiger partial charge in [-0.15, -0.1) is 12.4 Å². The molecule has 144 valence electrons. The van der Waals surface area contributed by atoms with E-state index in [1.165, 1.54) is 0 Å². The van der Waals surface area contributed by atoms with Gasteiger partial charge in [0, 0.05) is 44.2 Å². The number of hydrogen-bond donors (Lipinski definition) is 2. The van der Waals surface area contributed by atoms with Crippen molar-refractivity contribution in [3.63, 3.8) is 0 Å². The van der Waals surface area contributed by atoms with E-state index >= 15 is 0 Å². The zero-order valence-corrected chi connectivity index (χ0v) is 15.9. The molecule has 26 heavy (non-hydrogen) atoms. The summed E-state index contributed by atoms with van der Waals surface area (Å²) < 4.78 is 5.36. The van der Waals surface area contributed by atoms with E-state index in [0.29, 0.717) is 26.1 Å². The van der Waals surface area contributed by atoms with Crippen molar-refractivity contribution in [2.45, 2.75) is 38.1 Å². The Morgan fingerprint density at radius 3 is 2.58 bits per heavy atom. The number of anilines is 1. The summed E-state index contributed by atoms with van der Waals surface area (Å²) in [7, 11) is 0. The monoisotopic (exact) mass is 381 g/mol. The quantitative estimate of drug-likeness (QED) is 0.790. The number of ether oxygens (including phenoxy) is 1. The molecule has 2 amide bonds. The van der Waals surface area contributed by atoms with Crippen molar-refractivity contribution in [1.29, 1.82) is 0 Å². The van der Waals surface area contributed by atoms with Crippen molar-refractivity contribution >= 4 is 29.9 Å². The first-order chi connectivity index (χ1) is 12.2. The Morgan fingerprint density at radius 1 is 1.19 bits per heavy atom. The fourth-order valence-corrected chi connectivity index (χ4v) is 3.32. The summed E-state index contributed by atoms with van der Waals surface area (Å²) in [6, 6.07) is 7.85. The molecule has 1 aromatic carbocycles. The smallest absolute Gasteiger partial charge is 0.226 e. The first kappa shape index (κ1) is 20.7. The third-order valence-corrected chi connectivity index (χ3v) is 4.75. The number of hydrogen-bond acceptors (Lipinski definition) is 4. The van der Waals surface area contributed by atoms with Gasteiger partial charge in [-0.2, -0.15) is 0 Å². The number of benzene rings is 1. The molecular formula is C19H28ClN3O3. The van der Waals surface area contributed by atoms with Gasteiger partial charge < -0.3 is 20.3 Å². The molecule has 1 unspecified atom stereocenters. The molecule has 3 rings (SSSR count). The van der Waals surface area contributed by atoms with Crippen LogP contribution < -0.4 is 10.6 Å². The summed E-state index contributed by atoms with van der Waals surface area (Å²) in [6.45, 7) is 3.90. The number of nitrogens with zero attached hydrogens (tertiary/aromatic N) is 1. The fraction of sp³-hybridized carbons (Fsp3) is 0.579. The zero-order valence-electron chi connectivity index (χ0n) is 15.0. The molecule has 2 aliphatic heterocycles. The van der Waals surface area contributed by atoms with Gasteiger partial charge in [-0.05, 0) is 37.0 Å². The van der Waals surface area contributed by atoms with Crippen LogP contribution >= 0.6 is 12.4 Å². The number of likely N-dealkylation sites (tertiary alicyclic amines) is 1. The number of carbonyl (C=O) groups excluding carboxylic acids is 2. The molecule has 0 saturated carbocycles. The Bertz CT molecular complexity index is 582. The molecule has 2 saturated heterocycles. The third kappa shape index (κ3) is 6.27. The largest absolute Gasteiger partial charge is 0.378 e. The van der Waals surface area contributed by atoms with Crippen LogP contribution in [0.5, 0.6) is 0 Å². The van der Waals surface area contributed by atoms with Crippen molar-refractivity contribution in [3.05, 3.63) is 29.8 Å². The molecular weight excluding hydrogens is 354 g/mol. The molecule has 0 bridgehead atoms. The van der Waals surface area contributed by atoms with Gasteiger partial charge in [0.2, 0.25) is 11.8 Å². The Morgan fingerprint density at radius 2 is 1.92 bits per heavy atom. The van der Waals surface area contributed by atoms with Gasteiger partial charge in [-0.3, -0.25) is 9.59 Å². The average Bonchev–Trinajstić information content (AvgIpc) is 3.16. The predicted molar refractivity (Wildman–Crippen MR) is 104 cm³/mol. The molecule has 2 aliphatic rings. The molecule has 0 radical (unpaired) electrons. The van der Waals surface area contributed by atoms with Gasteiger partial charge in [-0.1, -0.05) is 12.1 Å². The van der Waals surface area contributed by atoms with Crippen LogP contribution in [0, 0.1) is 0 Å². The maximum absolute atomic E-state index is 12.1. The van der Waals surface area contributed by atoms with E-state index in [1.54, 1.807) is 0 Å². The summed E-state index contributed by atoms with van der Waals surface area (Å²) in [5.74, 6) is 0.233. The second-order valence-corrected chi connectivity index (χ2v) is 6.76. The SMILES string of the molecule is Cl.O=C(CC1COCCN1)Nc1ccc(CCC(=O)N2CCCC2)cc1. The first-order valence-corrected chi connectivity index (χ1v) is 9.18. The van der Waals surface area contributed by atoms with E-state index in [2.05, 4.69) is 10.6 Å². The highest BCUT2D eigenvalue weighted by atomic mass is 35.5. The Hall–Kier alpha value is -1.63. The highest BCUT2D eigenvalue weighted by Crippen LogP contribution is 2.14. The topological polar surface area (TPSA) is 70.7 Å². The second kappa shape index (κ2) is 10.5. The van der Waals surface area contributed by atoms with Crippen LogP contribution in [0.3, 0.4) is 0 Å². The van der Waals surface area contributed by atoms with Gasteiger partial charge >= 0.3 is 0 Å². The van der Waals surface area contributed by atoms with E-state index in [9.17, 15) is 9.59 Å². The summed E-state index contributed by atoms with van der Waals surface area (Å²) in [4.78, 5) is 26.1. The van der Waals surface area contributed by atoms with E-state index in [0.717, 1.165) is 50.1 Å². The van der Waals surface area contributed by atoms with E-state index in [-0.39, 0.29) is 30.3 Å². The van der Waals surface area contributed by atoms with Crippen molar-refractivity contribution in [3.8, 4) is 0 Å². The molecule has 1 aromatic rings. The van der Waals surface area contributed by atoms with Crippen molar-refractivity contribution in [2.24, 2.45) is 0 Å². The fourth-order valence-electron chi connectivity index (χ4n) is 3.32. The number of carbonyl (C=O) groups is 2. The summed E-state index contributed by atoms with van der Waals surface area (Å²) in [5, 5.41) is 6.19. The third-order valence-electron chi connectivity index (χ3n) is 4.75. The Labute approximate surface area is 161 Å². The molecule has 0 aliphatic carbocycles. The maximum atomic E-state index is 12.1. The van der Waals surface area contributed by atoms with E-state index < -0.39 is 0 Å². The molecule has 2 N–H and O–H groups in total. The van der Waals surface area contributed by atoms with Gasteiger partial charge in [0.25, 0.3) is 0 Å². The van der Waals surface area contributed by atoms with Crippen LogP contribution in [0.2, 0.25) is 0 Å². The van der Waals surface area contributed by atoms with Crippen LogP contribution in [-0.2, 0) is 20.7 Å². The van der Waals surface area contributed by atoms with E-state index in [4.69, 9.17) is 4.74 Å². The van der Waals surface area contributed by atoms with Crippen molar-refractivity contribution in [1.82, 2.24) is 10.2 Å². The summed E-state index contributed by atoms with van der Waals surface area (Å²) >= 11 is 0. The van der Waals surface area contributed by atoms with Gasteiger partial charge in [0.05, 0.1) is 13.2 Å². The van der Waals surface area contributed by atoms with Crippen molar-refractivity contribution < 1.29 is 14.3 Å². The highest BCUT2D eigenvalue weighted by molar-refractivity contribution is 5.91. The molecule has 2 heterocycles. The zero-order chi connectivity index (χ0) is 17.5. The Kier molecular flexibility index (Phi) is 8.35. The molecule has 0 aromatic heterocycles. The van der Waals surface area contributed by atoms with Crippen LogP contribution in [-0.4, -0.2) is 55.6 Å². The first-order valence-electron chi connectivity index (χ1n) is 9.18. The number of rotatable bonds is 6. The normalized spacial score (nSPS) is 19.7. The van der Waals surface area contributed by atoms with Crippen LogP contribution in [0.25, 0.3) is 0 Å². The lowest BCUT2D eigenvalue weighted by Crippen LogP contribution is -2.43. The predicted octanol–water partition coefficient (Wildman–Crippen LogP) is 1.98. The van der Waals surface area contributed by atoms with Gasteiger partial charge in [0.15, 0.2) is 0 Å². The number of halogens is 1. The lowest BCUT2D eigenvalue weighted by atomic mass is 10.1. The minimum Gasteiger partial charge on any atom is -0.378 e. The second-order valence-electron chi connectivity index (χ2n) is 6.76. The van der Waals surface area contributed by atoms with Crippen LogP contribution in [0.4, 0.5) is 5.69 Å². The van der Waals surface area contributed by atoms with Gasteiger partial charge in [-0.25, -0.2) is 0 Å². The van der Waals surface area contributed by atoms with Crippen LogP contribution in [0.15, 0.2) is 24.3 Å². The maximum Gasteiger partial charge on any atom is 0.226 e. The standard InChI is InChI=1S/C19H27N3O3.ClH/c23-18(13-17-14-25-12-9-20-17)21-16-6-3-15(4-7-16)5-8-19(24)22-10-1-2-11-22;/h3-4,6-7,17,20H,1-2,5,8-14H2,(H,21,23);1H. The van der Waals surface area contributed by atoms with Crippen molar-refractivity contribution in [2.75, 3.05) is 38.2 Å². The number of aryl methyl sites for hydroxylation is 1.